The molecule has 1 aromatic heterocycles. The third-order valence-electron chi connectivity index (χ3n) is 4.25. The molecule has 0 aliphatic heterocycles. The molecule has 1 fully saturated rings. The van der Waals surface area contributed by atoms with Crippen LogP contribution in [0, 0.1) is 28.9 Å². The minimum absolute atomic E-state index is 0.0413. The van der Waals surface area contributed by atoms with E-state index >= 15 is 0 Å². The van der Waals surface area contributed by atoms with Crippen LogP contribution in [0.25, 0.3) is 0 Å². The zero-order valence-electron chi connectivity index (χ0n) is 11.1. The average molecular weight is 252 g/mol. The highest BCUT2D eigenvalue weighted by Crippen LogP contribution is 2.40. The van der Waals surface area contributed by atoms with Gasteiger partial charge in [0.15, 0.2) is 0 Å². The second kappa shape index (κ2) is 4.59. The number of anilines is 1. The van der Waals surface area contributed by atoms with E-state index < -0.39 is 4.92 Å². The van der Waals surface area contributed by atoms with Gasteiger partial charge in [-0.1, -0.05) is 26.7 Å². The number of nitrogens with zero attached hydrogens (tertiary/aromatic N) is 3. The maximum absolute atomic E-state index is 11.0. The number of rotatable bonds is 2. The van der Waals surface area contributed by atoms with Gasteiger partial charge < -0.3 is 5.73 Å². The Hall–Kier alpha value is -1.59. The molecular weight excluding hydrogens is 232 g/mol. The molecule has 1 aromatic rings. The molecule has 1 saturated carbocycles. The molecule has 6 nitrogen and oxygen atoms in total. The topological polar surface area (TPSA) is 87.0 Å². The predicted molar refractivity (Wildman–Crippen MR) is 69.2 cm³/mol. The number of aryl methyl sites for hydroxylation is 1. The average Bonchev–Trinajstić information content (AvgIpc) is 2.58. The van der Waals surface area contributed by atoms with Crippen LogP contribution in [-0.4, -0.2) is 14.7 Å². The number of hydrogen-bond acceptors (Lipinski definition) is 4. The van der Waals surface area contributed by atoms with Crippen LogP contribution in [0.5, 0.6) is 0 Å². The second-order valence-electron chi connectivity index (χ2n) is 5.36. The van der Waals surface area contributed by atoms with Crippen molar-refractivity contribution in [1.29, 1.82) is 0 Å². The molecule has 1 aliphatic carbocycles. The number of aromatic nitrogens is 2. The Kier molecular flexibility index (Phi) is 3.28. The lowest BCUT2D eigenvalue weighted by atomic mass is 9.78. The van der Waals surface area contributed by atoms with Crippen LogP contribution in [0.3, 0.4) is 0 Å². The zero-order valence-corrected chi connectivity index (χ0v) is 11.1. The highest BCUT2D eigenvalue weighted by atomic mass is 16.6. The summed E-state index contributed by atoms with van der Waals surface area (Å²) >= 11 is 0. The molecule has 0 spiro atoms. The van der Waals surface area contributed by atoms with E-state index in [0.717, 1.165) is 12.8 Å². The first-order valence-corrected chi connectivity index (χ1v) is 6.42. The van der Waals surface area contributed by atoms with Crippen molar-refractivity contribution in [2.75, 3.05) is 5.73 Å². The van der Waals surface area contributed by atoms with E-state index in [0.29, 0.717) is 17.5 Å². The molecule has 6 heteroatoms. The number of nitrogen functional groups attached to an aromatic ring is 1. The Morgan fingerprint density at radius 3 is 2.67 bits per heavy atom. The molecule has 3 atom stereocenters. The normalized spacial score (nSPS) is 28.3. The molecule has 0 bridgehead atoms. The van der Waals surface area contributed by atoms with Crippen LogP contribution in [-0.2, 0) is 0 Å². The lowest BCUT2D eigenvalue weighted by molar-refractivity contribution is -0.384. The molecule has 2 rings (SSSR count). The fraction of sp³-hybridized carbons (Fsp3) is 0.750. The number of nitro groups is 1. The van der Waals surface area contributed by atoms with Crippen LogP contribution in [0.2, 0.25) is 0 Å². The van der Waals surface area contributed by atoms with Gasteiger partial charge in [-0.3, -0.25) is 10.1 Å². The van der Waals surface area contributed by atoms with Gasteiger partial charge in [-0.25, -0.2) is 4.68 Å². The molecule has 0 saturated heterocycles. The summed E-state index contributed by atoms with van der Waals surface area (Å²) in [6, 6.07) is 0.182. The van der Waals surface area contributed by atoms with Crippen LogP contribution < -0.4 is 5.73 Å². The highest BCUT2D eigenvalue weighted by Gasteiger charge is 2.33. The van der Waals surface area contributed by atoms with Gasteiger partial charge in [-0.2, -0.15) is 5.10 Å². The maximum Gasteiger partial charge on any atom is 0.333 e. The van der Waals surface area contributed by atoms with Crippen molar-refractivity contribution < 1.29 is 4.92 Å². The highest BCUT2D eigenvalue weighted by molar-refractivity contribution is 5.56. The molecule has 18 heavy (non-hydrogen) atoms. The Bertz CT molecular complexity index is 469. The van der Waals surface area contributed by atoms with E-state index in [1.165, 1.54) is 6.42 Å². The van der Waals surface area contributed by atoms with Crippen molar-refractivity contribution in [2.45, 2.75) is 46.1 Å². The molecule has 0 amide bonds. The second-order valence-corrected chi connectivity index (χ2v) is 5.36. The largest absolute Gasteiger partial charge is 0.378 e. The minimum atomic E-state index is -0.439. The Morgan fingerprint density at radius 2 is 2.11 bits per heavy atom. The van der Waals surface area contributed by atoms with Gasteiger partial charge in [-0.05, 0) is 25.2 Å². The summed E-state index contributed by atoms with van der Waals surface area (Å²) in [5.74, 6) is 1.25. The van der Waals surface area contributed by atoms with E-state index in [-0.39, 0.29) is 17.5 Å². The van der Waals surface area contributed by atoms with Crippen molar-refractivity contribution in [3.8, 4) is 0 Å². The molecule has 1 heterocycles. The SMILES string of the molecule is Cc1nn(C2CCCC(C)C2C)c(N)c1[N+](=O)[O-]. The molecule has 3 unspecified atom stereocenters. The maximum atomic E-state index is 11.0. The Morgan fingerprint density at radius 1 is 1.44 bits per heavy atom. The van der Waals surface area contributed by atoms with Crippen LogP contribution in [0.1, 0.15) is 44.8 Å². The molecular formula is C12H20N4O2. The fourth-order valence-electron chi connectivity index (χ4n) is 2.93. The van der Waals surface area contributed by atoms with E-state index in [4.69, 9.17) is 5.73 Å². The van der Waals surface area contributed by atoms with Gasteiger partial charge in [0.25, 0.3) is 0 Å². The fourth-order valence-corrected chi connectivity index (χ4v) is 2.93. The standard InChI is InChI=1S/C12H20N4O2/c1-7-5-4-6-10(8(7)2)15-12(13)11(16(17)18)9(3)14-15/h7-8,10H,4-6,13H2,1-3H3. The summed E-state index contributed by atoms with van der Waals surface area (Å²) < 4.78 is 1.67. The number of nitrogens with two attached hydrogens (primary N) is 1. The van der Waals surface area contributed by atoms with Gasteiger partial charge >= 0.3 is 5.69 Å². The van der Waals surface area contributed by atoms with E-state index in [1.807, 2.05) is 0 Å². The lowest BCUT2D eigenvalue weighted by Gasteiger charge is -2.34. The summed E-state index contributed by atoms with van der Waals surface area (Å²) in [5, 5.41) is 15.2. The molecule has 100 valence electrons. The van der Waals surface area contributed by atoms with Gasteiger partial charge in [-0.15, -0.1) is 0 Å². The van der Waals surface area contributed by atoms with Crippen LogP contribution in [0.4, 0.5) is 11.5 Å². The van der Waals surface area contributed by atoms with E-state index in [9.17, 15) is 10.1 Å². The van der Waals surface area contributed by atoms with Gasteiger partial charge in [0.05, 0.1) is 11.0 Å². The van der Waals surface area contributed by atoms with Gasteiger partial charge in [0.2, 0.25) is 5.82 Å². The van der Waals surface area contributed by atoms with Crippen molar-refractivity contribution >= 4 is 11.5 Å². The monoisotopic (exact) mass is 252 g/mol. The van der Waals surface area contributed by atoms with E-state index in [1.54, 1.807) is 11.6 Å². The summed E-state index contributed by atoms with van der Waals surface area (Å²) in [5.41, 5.74) is 6.27. The summed E-state index contributed by atoms with van der Waals surface area (Å²) in [6.45, 7) is 6.04. The van der Waals surface area contributed by atoms with Crippen LogP contribution >= 0.6 is 0 Å². The first-order chi connectivity index (χ1) is 8.43. The first kappa shape index (κ1) is 12.9. The van der Waals surface area contributed by atoms with Crippen molar-refractivity contribution in [1.82, 2.24) is 9.78 Å². The third-order valence-corrected chi connectivity index (χ3v) is 4.25. The van der Waals surface area contributed by atoms with Crippen molar-refractivity contribution in [3.05, 3.63) is 15.8 Å². The lowest BCUT2D eigenvalue weighted by Crippen LogP contribution is -2.28. The predicted octanol–water partition coefficient (Wildman–Crippen LogP) is 2.68. The summed E-state index contributed by atoms with van der Waals surface area (Å²) in [6.07, 6.45) is 3.33. The quantitative estimate of drug-likeness (QED) is 0.647. The summed E-state index contributed by atoms with van der Waals surface area (Å²) in [4.78, 5) is 10.5. The minimum Gasteiger partial charge on any atom is -0.378 e. The number of hydrogen-bond donors (Lipinski definition) is 1. The molecule has 0 aromatic carbocycles. The smallest absolute Gasteiger partial charge is 0.333 e. The summed E-state index contributed by atoms with van der Waals surface area (Å²) in [7, 11) is 0. The molecule has 0 radical (unpaired) electrons. The molecule has 2 N–H and O–H groups in total. The van der Waals surface area contributed by atoms with Crippen molar-refractivity contribution in [2.24, 2.45) is 11.8 Å². The first-order valence-electron chi connectivity index (χ1n) is 6.42. The Balaban J connectivity index is 2.39. The van der Waals surface area contributed by atoms with Gasteiger partial charge in [0.1, 0.15) is 5.69 Å². The van der Waals surface area contributed by atoms with Crippen LogP contribution in [0.15, 0.2) is 0 Å². The zero-order chi connectivity index (χ0) is 13.4. The molecule has 1 aliphatic rings. The van der Waals surface area contributed by atoms with Crippen molar-refractivity contribution in [3.63, 3.8) is 0 Å². The van der Waals surface area contributed by atoms with Gasteiger partial charge in [0, 0.05) is 0 Å². The third kappa shape index (κ3) is 1.95. The Labute approximate surface area is 106 Å². The van der Waals surface area contributed by atoms with E-state index in [2.05, 4.69) is 18.9 Å².